The average molecular weight is 1180 g/mol. The number of carbonyl (C=O) groups excluding carboxylic acids is 3. The fourth-order valence-corrected chi connectivity index (χ4v) is 13.8. The van der Waals surface area contributed by atoms with E-state index >= 15 is 0 Å². The molecule has 2 spiro atoms. The van der Waals surface area contributed by atoms with Crippen LogP contribution in [0.15, 0.2) is 60.2 Å². The summed E-state index contributed by atoms with van der Waals surface area (Å²) >= 11 is 5.88. The van der Waals surface area contributed by atoms with Gasteiger partial charge in [-0.05, 0) is 51.5 Å². The highest BCUT2D eigenvalue weighted by atomic mass is 35.5. The molecule has 21 heteroatoms. The number of ketones is 1. The van der Waals surface area contributed by atoms with Gasteiger partial charge in [-0.15, -0.1) is 0 Å². The number of carbonyl (C=O) groups is 3. The minimum atomic E-state index is -2.40. The Balaban J connectivity index is 1.20. The lowest BCUT2D eigenvalue weighted by Gasteiger charge is -2.52. The summed E-state index contributed by atoms with van der Waals surface area (Å²) in [6.45, 7) is 21.7. The Kier molecular flexibility index (Phi) is 22.5. The standard InChI is InChI=1S/C61H93ClO20/c1-32(18-40(64)17-16-34(3)62)19-51-54(70)55-38(7)56(76-51)57(71)61(73)30-49(67)36(5)50(82-61)15-13-11-12-14-42-21-41(65)26-59(78-42)28-45(74-10)22-43(79-59)24-48(66)37(6)53(69)35(4)33(2)20-47-27-58(9,72)31-60(81-47)29-46(75-39(8)63)23-44(80-60)25-52(68)77-55/h12,14,16-17,35-38,40-47,49-51,53-57,64-65,67,69-73H,1-3,11,13,15,18-31H2,4-10H3/b14-12-,17-16+. The number of methoxy groups -OCH3 is 1. The van der Waals surface area contributed by atoms with Crippen molar-refractivity contribution in [3.05, 3.63) is 60.2 Å². The second kappa shape index (κ2) is 27.8. The van der Waals surface area contributed by atoms with Gasteiger partial charge in [-0.25, -0.2) is 0 Å². The van der Waals surface area contributed by atoms with Gasteiger partial charge >= 0.3 is 11.9 Å². The molecule has 0 radical (unpaired) electrons. The Morgan fingerprint density at radius 1 is 0.829 bits per heavy atom. The Morgan fingerprint density at radius 3 is 2.20 bits per heavy atom. The predicted molar refractivity (Wildman–Crippen MR) is 298 cm³/mol. The molecule has 0 aromatic heterocycles. The fourth-order valence-electron chi connectivity index (χ4n) is 13.8. The first kappa shape index (κ1) is 66.5. The molecule has 0 amide bonds. The number of aliphatic hydroxyl groups is 8. The molecular formula is C61H93ClO20. The van der Waals surface area contributed by atoms with Crippen molar-refractivity contribution in [1.29, 1.82) is 0 Å². The second-order valence-corrected chi connectivity index (χ2v) is 25.8. The van der Waals surface area contributed by atoms with Crippen molar-refractivity contribution in [2.75, 3.05) is 7.11 Å². The number of hydrogen-bond donors (Lipinski definition) is 8. The maximum absolute atomic E-state index is 14.4. The Bertz CT molecular complexity index is 2310. The number of fused-ring (bicyclic) bond motifs is 8. The first-order valence-electron chi connectivity index (χ1n) is 29.4. The molecule has 7 heterocycles. The van der Waals surface area contributed by atoms with Crippen LogP contribution in [0, 0.1) is 23.7 Å². The predicted octanol–water partition coefficient (Wildman–Crippen LogP) is 5.34. The molecule has 7 aliphatic rings. The summed E-state index contributed by atoms with van der Waals surface area (Å²) in [7, 11) is 1.58. The van der Waals surface area contributed by atoms with Crippen LogP contribution in [0.25, 0.3) is 0 Å². The zero-order valence-electron chi connectivity index (χ0n) is 48.9. The van der Waals surface area contributed by atoms with Gasteiger partial charge in [-0.2, -0.15) is 0 Å². The summed E-state index contributed by atoms with van der Waals surface area (Å²) in [4.78, 5) is 41.0. The van der Waals surface area contributed by atoms with Crippen LogP contribution in [0.3, 0.4) is 0 Å². The second-order valence-electron chi connectivity index (χ2n) is 25.4. The first-order valence-corrected chi connectivity index (χ1v) is 29.8. The van der Waals surface area contributed by atoms with Gasteiger partial charge in [0.2, 0.25) is 0 Å². The molecule has 24 unspecified atom stereocenters. The lowest BCUT2D eigenvalue weighted by atomic mass is 9.78. The van der Waals surface area contributed by atoms with E-state index in [-0.39, 0.29) is 74.7 Å². The van der Waals surface area contributed by atoms with E-state index in [4.69, 9.17) is 54.2 Å². The molecule has 24 atom stereocenters. The van der Waals surface area contributed by atoms with Crippen LogP contribution in [-0.4, -0.2) is 186 Å². The number of aliphatic hydroxyl groups excluding tert-OH is 6. The molecule has 82 heavy (non-hydrogen) atoms. The first-order chi connectivity index (χ1) is 38.4. The van der Waals surface area contributed by atoms with Crippen LogP contribution in [0.1, 0.15) is 151 Å². The van der Waals surface area contributed by atoms with Crippen LogP contribution in [0.2, 0.25) is 0 Å². The van der Waals surface area contributed by atoms with Crippen LogP contribution >= 0.6 is 11.6 Å². The third kappa shape index (κ3) is 16.9. The van der Waals surface area contributed by atoms with Gasteiger partial charge in [-0.3, -0.25) is 14.4 Å². The molecule has 0 aromatic rings. The number of rotatable bonds is 8. The molecule has 0 saturated carbocycles. The number of hydrogen-bond acceptors (Lipinski definition) is 20. The normalized spacial score (nSPS) is 45.8. The van der Waals surface area contributed by atoms with Crippen molar-refractivity contribution in [2.24, 2.45) is 23.7 Å². The fraction of sp³-hybridized carbons (Fsp3) is 0.787. The number of allylic oxidation sites excluding steroid dienone is 3. The van der Waals surface area contributed by atoms with Gasteiger partial charge in [0, 0.05) is 107 Å². The van der Waals surface area contributed by atoms with Gasteiger partial charge in [-0.1, -0.05) is 88.4 Å². The maximum atomic E-state index is 14.4. The Morgan fingerprint density at radius 2 is 1.50 bits per heavy atom. The highest BCUT2D eigenvalue weighted by Gasteiger charge is 2.58. The molecule has 8 N–H and O–H groups in total. The summed E-state index contributed by atoms with van der Waals surface area (Å²) in [5.41, 5.74) is -0.469. The summed E-state index contributed by atoms with van der Waals surface area (Å²) in [5.74, 6) is -9.98. The molecule has 6 fully saturated rings. The van der Waals surface area contributed by atoms with E-state index in [9.17, 15) is 55.2 Å². The molecule has 10 bridgehead atoms. The molecule has 0 aliphatic carbocycles. The largest absolute Gasteiger partial charge is 0.462 e. The third-order valence-corrected chi connectivity index (χ3v) is 18.2. The zero-order chi connectivity index (χ0) is 60.2. The molecular weight excluding hydrogens is 1090 g/mol. The SMILES string of the molecule is C=C(Cl)/C=C/C(O)CC(=C)CC1OC2C(C)C(OC(=O)CC3CC(OC(C)=O)CC4(CC(C)(O)CC(CC(=C)C(C)C(O)C(C)C(=O)CC5CC(OC)CC6(CC(O)CC(/C=C\CCCC7OC(O)(CC(O)C7C)C2O)O6)O5)O4)O3)C1O. The van der Waals surface area contributed by atoms with E-state index < -0.39 is 163 Å². The maximum Gasteiger partial charge on any atom is 0.308 e. The molecule has 20 nitrogen and oxygen atoms in total. The average Bonchev–Trinajstić information content (AvgIpc) is 1.80. The monoisotopic (exact) mass is 1180 g/mol. The van der Waals surface area contributed by atoms with E-state index in [1.165, 1.54) is 19.1 Å². The van der Waals surface area contributed by atoms with Crippen molar-refractivity contribution >= 4 is 29.3 Å². The Labute approximate surface area is 487 Å². The van der Waals surface area contributed by atoms with E-state index in [2.05, 4.69) is 19.7 Å². The van der Waals surface area contributed by atoms with Crippen molar-refractivity contribution in [3.8, 4) is 0 Å². The third-order valence-electron chi connectivity index (χ3n) is 18.0. The number of halogens is 1. The summed E-state index contributed by atoms with van der Waals surface area (Å²) in [6.07, 6.45) is -8.29. The van der Waals surface area contributed by atoms with Gasteiger partial charge in [0.05, 0.1) is 85.3 Å². The summed E-state index contributed by atoms with van der Waals surface area (Å²) in [5, 5.41) is 94.1. The van der Waals surface area contributed by atoms with Gasteiger partial charge < -0.3 is 83.5 Å². The quantitative estimate of drug-likeness (QED) is 0.0864. The van der Waals surface area contributed by atoms with E-state index in [0.29, 0.717) is 49.7 Å². The molecule has 7 rings (SSSR count). The number of ether oxygens (including phenoxy) is 9. The van der Waals surface area contributed by atoms with Gasteiger partial charge in [0.15, 0.2) is 17.4 Å². The Hall–Kier alpha value is -3.00. The summed E-state index contributed by atoms with van der Waals surface area (Å²) in [6, 6.07) is 0. The van der Waals surface area contributed by atoms with Gasteiger partial charge in [0.1, 0.15) is 30.2 Å². The molecule has 6 saturated heterocycles. The topological polar surface area (TPSA) is 296 Å². The lowest BCUT2D eigenvalue weighted by molar-refractivity contribution is -0.351. The molecule has 7 aliphatic heterocycles. The minimum absolute atomic E-state index is 0.00389. The smallest absolute Gasteiger partial charge is 0.308 e. The highest BCUT2D eigenvalue weighted by molar-refractivity contribution is 6.30. The van der Waals surface area contributed by atoms with Crippen molar-refractivity contribution in [2.45, 2.75) is 271 Å². The summed E-state index contributed by atoms with van der Waals surface area (Å²) < 4.78 is 57.2. The molecule has 0 aromatic carbocycles. The van der Waals surface area contributed by atoms with Gasteiger partial charge in [0.25, 0.3) is 0 Å². The highest BCUT2D eigenvalue weighted by Crippen LogP contribution is 2.48. The number of esters is 2. The van der Waals surface area contributed by atoms with Crippen LogP contribution in [-0.2, 0) is 57.0 Å². The van der Waals surface area contributed by atoms with E-state index in [1.807, 2.05) is 12.2 Å². The number of Topliss-reactive ketones (excluding diaryl/α,β-unsaturated/α-hetero) is 1. The minimum Gasteiger partial charge on any atom is -0.462 e. The van der Waals surface area contributed by atoms with Crippen LogP contribution in [0.5, 0.6) is 0 Å². The lowest BCUT2D eigenvalue weighted by Crippen LogP contribution is -2.65. The zero-order valence-corrected chi connectivity index (χ0v) is 49.6. The van der Waals surface area contributed by atoms with Crippen molar-refractivity contribution < 1.29 is 97.9 Å². The van der Waals surface area contributed by atoms with Crippen LogP contribution < -0.4 is 0 Å². The molecule has 464 valence electrons. The van der Waals surface area contributed by atoms with Crippen LogP contribution in [0.4, 0.5) is 0 Å². The van der Waals surface area contributed by atoms with Crippen molar-refractivity contribution in [1.82, 2.24) is 0 Å². The van der Waals surface area contributed by atoms with E-state index in [1.54, 1.807) is 41.7 Å². The van der Waals surface area contributed by atoms with Crippen molar-refractivity contribution in [3.63, 3.8) is 0 Å². The van der Waals surface area contributed by atoms with E-state index in [0.717, 1.165) is 0 Å².